The maximum Gasteiger partial charge on any atom is 0.330 e. The number of benzene rings is 1. The van der Waals surface area contributed by atoms with Crippen molar-refractivity contribution >= 4 is 23.8 Å². The summed E-state index contributed by atoms with van der Waals surface area (Å²) in [6.07, 6.45) is 0. The summed E-state index contributed by atoms with van der Waals surface area (Å²) in [5, 5.41) is 2.44. The third kappa shape index (κ3) is 3.78. The number of carbonyl (C=O) groups excluding carboxylic acids is 4. The molecule has 0 bridgehead atoms. The Morgan fingerprint density at radius 2 is 1.68 bits per heavy atom. The van der Waals surface area contributed by atoms with E-state index in [0.29, 0.717) is 0 Å². The molecule has 1 N–H and O–H groups in total. The van der Waals surface area contributed by atoms with Crippen molar-refractivity contribution in [3.05, 3.63) is 35.9 Å². The van der Waals surface area contributed by atoms with E-state index in [4.69, 9.17) is 4.74 Å². The highest BCUT2D eigenvalue weighted by Gasteiger charge is 2.49. The van der Waals surface area contributed by atoms with Gasteiger partial charge in [-0.3, -0.25) is 14.4 Å². The van der Waals surface area contributed by atoms with Gasteiger partial charge in [0.2, 0.25) is 11.8 Å². The van der Waals surface area contributed by atoms with Crippen LogP contribution in [0.5, 0.6) is 0 Å². The molecule has 1 heterocycles. The third-order valence-corrected chi connectivity index (χ3v) is 4.04. The van der Waals surface area contributed by atoms with E-state index in [2.05, 4.69) is 10.1 Å². The Balaban J connectivity index is 2.51. The van der Waals surface area contributed by atoms with E-state index < -0.39 is 41.8 Å². The maximum atomic E-state index is 12.7. The quantitative estimate of drug-likeness (QED) is 0.600. The van der Waals surface area contributed by atoms with E-state index in [0.717, 1.165) is 19.8 Å². The molecule has 1 aromatic carbocycles. The van der Waals surface area contributed by atoms with E-state index >= 15 is 0 Å². The molecule has 1 saturated heterocycles. The van der Waals surface area contributed by atoms with Gasteiger partial charge in [-0.2, -0.15) is 0 Å². The zero-order chi connectivity index (χ0) is 18.6. The molecule has 1 aliphatic heterocycles. The van der Waals surface area contributed by atoms with Crippen LogP contribution in [0.25, 0.3) is 0 Å². The van der Waals surface area contributed by atoms with Crippen molar-refractivity contribution in [1.82, 2.24) is 10.2 Å². The zero-order valence-corrected chi connectivity index (χ0v) is 14.2. The molecule has 0 saturated carbocycles. The van der Waals surface area contributed by atoms with E-state index in [-0.39, 0.29) is 6.54 Å². The smallest absolute Gasteiger partial charge is 0.330 e. The molecule has 1 aromatic rings. The Morgan fingerprint density at radius 3 is 2.24 bits per heavy atom. The second-order valence-corrected chi connectivity index (χ2v) is 5.65. The number of amides is 2. The van der Waals surface area contributed by atoms with Gasteiger partial charge >= 0.3 is 11.9 Å². The maximum absolute atomic E-state index is 12.7. The highest BCUT2D eigenvalue weighted by Crippen LogP contribution is 2.23. The predicted octanol–water partition coefficient (Wildman–Crippen LogP) is -0.136. The number of hydrogen-bond acceptors (Lipinski definition) is 6. The van der Waals surface area contributed by atoms with Gasteiger partial charge in [0.05, 0.1) is 14.2 Å². The van der Waals surface area contributed by atoms with Gasteiger partial charge in [0.25, 0.3) is 0 Å². The lowest BCUT2D eigenvalue weighted by Crippen LogP contribution is -2.53. The second-order valence-electron chi connectivity index (χ2n) is 5.65. The molecule has 8 nitrogen and oxygen atoms in total. The highest BCUT2D eigenvalue weighted by molar-refractivity contribution is 6.06. The van der Waals surface area contributed by atoms with Gasteiger partial charge in [0, 0.05) is 6.54 Å². The molecule has 2 unspecified atom stereocenters. The summed E-state index contributed by atoms with van der Waals surface area (Å²) in [6, 6.07) is 6.65. The molecule has 1 aliphatic rings. The largest absolute Gasteiger partial charge is 0.468 e. The summed E-state index contributed by atoms with van der Waals surface area (Å²) in [4.78, 5) is 50.8. The summed E-state index contributed by atoms with van der Waals surface area (Å²) >= 11 is 0. The molecule has 3 atom stereocenters. The fourth-order valence-electron chi connectivity index (χ4n) is 2.78. The van der Waals surface area contributed by atoms with Crippen molar-refractivity contribution in [3.8, 4) is 0 Å². The van der Waals surface area contributed by atoms with Crippen molar-refractivity contribution in [2.75, 3.05) is 14.2 Å². The first kappa shape index (κ1) is 18.4. The average Bonchev–Trinajstić information content (AvgIpc) is 2.71. The van der Waals surface area contributed by atoms with Gasteiger partial charge < -0.3 is 19.7 Å². The Hall–Kier alpha value is -2.90. The van der Waals surface area contributed by atoms with Crippen LogP contribution in [0.2, 0.25) is 0 Å². The fourth-order valence-corrected chi connectivity index (χ4v) is 2.78. The molecule has 8 heteroatoms. The minimum absolute atomic E-state index is 0.0479. The van der Waals surface area contributed by atoms with Crippen molar-refractivity contribution < 1.29 is 28.7 Å². The third-order valence-electron chi connectivity index (χ3n) is 4.04. The normalized spacial score (nSPS) is 23.5. The highest BCUT2D eigenvalue weighted by atomic mass is 16.5. The van der Waals surface area contributed by atoms with Gasteiger partial charge in [0.15, 0.2) is 12.0 Å². The predicted molar refractivity (Wildman–Crippen MR) is 85.9 cm³/mol. The molecule has 25 heavy (non-hydrogen) atoms. The Kier molecular flexibility index (Phi) is 5.74. The van der Waals surface area contributed by atoms with Crippen LogP contribution >= 0.6 is 0 Å². The summed E-state index contributed by atoms with van der Waals surface area (Å²) in [6.45, 7) is 1.54. The second kappa shape index (κ2) is 7.78. The Morgan fingerprint density at radius 1 is 1.08 bits per heavy atom. The molecular formula is C17H20N2O6. The van der Waals surface area contributed by atoms with Crippen LogP contribution in [0.15, 0.2) is 30.3 Å². The first-order valence-corrected chi connectivity index (χ1v) is 7.71. The van der Waals surface area contributed by atoms with E-state index in [1.807, 2.05) is 6.07 Å². The van der Waals surface area contributed by atoms with Crippen LogP contribution in [0, 0.1) is 5.92 Å². The summed E-state index contributed by atoms with van der Waals surface area (Å²) in [7, 11) is 2.25. The fraction of sp³-hybridized carbons (Fsp3) is 0.412. The van der Waals surface area contributed by atoms with Crippen molar-refractivity contribution in [2.45, 2.75) is 25.6 Å². The zero-order valence-electron chi connectivity index (χ0n) is 14.2. The molecule has 0 aromatic heterocycles. The molecular weight excluding hydrogens is 328 g/mol. The molecule has 1 fully saturated rings. The van der Waals surface area contributed by atoms with Gasteiger partial charge in [-0.15, -0.1) is 0 Å². The Bertz CT molecular complexity index is 675. The van der Waals surface area contributed by atoms with E-state index in [1.165, 1.54) is 11.8 Å². The average molecular weight is 348 g/mol. The number of rotatable bonds is 4. The standard InChI is InChI=1S/C17H20N2O6/c1-10-15(21)19(9-11-7-5-4-6-8-11)13(17(23)25-3)12(14(20)18-10)16(22)24-2/h4-8,10,12-13H,9H2,1-3H3,(H,18,20)/t10-,12?,13?/m0/s1. The first-order chi connectivity index (χ1) is 11.9. The van der Waals surface area contributed by atoms with Gasteiger partial charge in [-0.25, -0.2) is 4.79 Å². The van der Waals surface area contributed by atoms with Crippen molar-refractivity contribution in [2.24, 2.45) is 5.92 Å². The topological polar surface area (TPSA) is 102 Å². The number of nitrogens with zero attached hydrogens (tertiary/aromatic N) is 1. The number of nitrogens with one attached hydrogen (secondary N) is 1. The van der Waals surface area contributed by atoms with Gasteiger partial charge in [-0.1, -0.05) is 30.3 Å². The van der Waals surface area contributed by atoms with Crippen LogP contribution in [0.1, 0.15) is 12.5 Å². The van der Waals surface area contributed by atoms with Crippen LogP contribution in [-0.4, -0.2) is 55.0 Å². The molecule has 2 amide bonds. The first-order valence-electron chi connectivity index (χ1n) is 7.71. The minimum Gasteiger partial charge on any atom is -0.468 e. The molecule has 0 radical (unpaired) electrons. The van der Waals surface area contributed by atoms with Crippen LogP contribution in [0.4, 0.5) is 0 Å². The monoisotopic (exact) mass is 348 g/mol. The van der Waals surface area contributed by atoms with Crippen LogP contribution < -0.4 is 5.32 Å². The number of ether oxygens (including phenoxy) is 2. The molecule has 134 valence electrons. The van der Waals surface area contributed by atoms with E-state index in [1.54, 1.807) is 24.3 Å². The van der Waals surface area contributed by atoms with E-state index in [9.17, 15) is 19.2 Å². The summed E-state index contributed by atoms with van der Waals surface area (Å²) < 4.78 is 9.41. The van der Waals surface area contributed by atoms with Crippen molar-refractivity contribution in [1.29, 1.82) is 0 Å². The van der Waals surface area contributed by atoms with Crippen LogP contribution in [-0.2, 0) is 35.2 Å². The molecule has 2 rings (SSSR count). The summed E-state index contributed by atoms with van der Waals surface area (Å²) in [5.74, 6) is -4.51. The van der Waals surface area contributed by atoms with Crippen molar-refractivity contribution in [3.63, 3.8) is 0 Å². The lowest BCUT2D eigenvalue weighted by molar-refractivity contribution is -0.164. The molecule has 0 aliphatic carbocycles. The van der Waals surface area contributed by atoms with Gasteiger partial charge in [-0.05, 0) is 12.5 Å². The lowest BCUT2D eigenvalue weighted by atomic mass is 9.97. The Labute approximate surface area is 145 Å². The number of carbonyl (C=O) groups is 4. The lowest BCUT2D eigenvalue weighted by Gasteiger charge is -2.31. The number of hydrogen-bond donors (Lipinski definition) is 1. The SMILES string of the molecule is COC(=O)C1C(=O)N[C@@H](C)C(=O)N(Cc2ccccc2)C1C(=O)OC. The number of methoxy groups -OCH3 is 2. The molecule has 0 spiro atoms. The summed E-state index contributed by atoms with van der Waals surface area (Å²) in [5.41, 5.74) is 0.745. The minimum atomic E-state index is -1.50. The number of esters is 2. The van der Waals surface area contributed by atoms with Gasteiger partial charge in [0.1, 0.15) is 6.04 Å². The van der Waals surface area contributed by atoms with Crippen LogP contribution in [0.3, 0.4) is 0 Å².